The predicted octanol–water partition coefficient (Wildman–Crippen LogP) is 6.22. The van der Waals surface area contributed by atoms with Crippen LogP contribution < -0.4 is 20.3 Å². The monoisotopic (exact) mass is 685 g/mol. The number of anilines is 1. The second-order valence-electron chi connectivity index (χ2n) is 9.96. The summed E-state index contributed by atoms with van der Waals surface area (Å²) in [6.45, 7) is 5.45. The molecule has 2 aromatic heterocycles. The smallest absolute Gasteiger partial charge is 0.251 e. The lowest BCUT2D eigenvalue weighted by molar-refractivity contribution is -0.122. The number of pyridine rings is 1. The van der Waals surface area contributed by atoms with Crippen molar-refractivity contribution in [1.29, 1.82) is 0 Å². The lowest BCUT2D eigenvalue weighted by atomic mass is 10.1. The molecule has 0 bridgehead atoms. The minimum absolute atomic E-state index is 0.0331. The van der Waals surface area contributed by atoms with E-state index in [2.05, 4.69) is 31.5 Å². The first kappa shape index (κ1) is 32.1. The standard InChI is InChI=1S/C31H30BrCl2N5O4/c1-18(2)36-31(42)21-10-7-20(8-11-21)9-14-26(40)35-16-27(41)38(4)24-13-12-23(33)22(28(24)34)17-43-25-6-5-15-39-29(32)19(3)37-30(25)39/h5-15,18H,16-17H2,1-4H3,(H,35,40)(H,36,42)/b14-9+. The first-order valence-electron chi connectivity index (χ1n) is 13.3. The Morgan fingerprint density at radius 1 is 1.12 bits per heavy atom. The number of likely N-dealkylation sites (N-methyl/N-ethyl adjacent to an activating group) is 1. The van der Waals surface area contributed by atoms with Crippen molar-refractivity contribution in [3.8, 4) is 5.75 Å². The molecule has 4 rings (SSSR count). The molecule has 2 heterocycles. The molecule has 0 fully saturated rings. The molecule has 0 aliphatic heterocycles. The molecule has 0 atom stereocenters. The number of carbonyl (C=O) groups excluding carboxylic acids is 3. The van der Waals surface area contributed by atoms with E-state index in [-0.39, 0.29) is 36.0 Å². The van der Waals surface area contributed by atoms with Gasteiger partial charge in [-0.05, 0) is 84.7 Å². The van der Waals surface area contributed by atoms with E-state index in [0.717, 1.165) is 15.9 Å². The van der Waals surface area contributed by atoms with Gasteiger partial charge in [-0.3, -0.25) is 18.8 Å². The van der Waals surface area contributed by atoms with E-state index in [0.29, 0.717) is 33.2 Å². The summed E-state index contributed by atoms with van der Waals surface area (Å²) in [5.41, 5.74) is 3.63. The van der Waals surface area contributed by atoms with E-state index in [9.17, 15) is 14.4 Å². The van der Waals surface area contributed by atoms with Crippen molar-refractivity contribution in [2.45, 2.75) is 33.4 Å². The number of aromatic nitrogens is 2. The van der Waals surface area contributed by atoms with Crippen molar-refractivity contribution in [1.82, 2.24) is 20.0 Å². The summed E-state index contributed by atoms with van der Waals surface area (Å²) >= 11 is 16.7. The van der Waals surface area contributed by atoms with E-state index >= 15 is 0 Å². The molecule has 224 valence electrons. The van der Waals surface area contributed by atoms with Crippen molar-refractivity contribution >= 4 is 74.3 Å². The highest BCUT2D eigenvalue weighted by molar-refractivity contribution is 9.10. The Hall–Kier alpha value is -3.86. The van der Waals surface area contributed by atoms with Crippen LogP contribution in [0, 0.1) is 6.92 Å². The Morgan fingerprint density at radius 2 is 1.84 bits per heavy atom. The number of amides is 3. The summed E-state index contributed by atoms with van der Waals surface area (Å²) in [7, 11) is 1.56. The van der Waals surface area contributed by atoms with Crippen LogP contribution in [0.25, 0.3) is 11.7 Å². The number of hydrogen-bond acceptors (Lipinski definition) is 5. The van der Waals surface area contributed by atoms with E-state index in [1.165, 1.54) is 11.0 Å². The number of carbonyl (C=O) groups is 3. The maximum Gasteiger partial charge on any atom is 0.251 e. The lowest BCUT2D eigenvalue weighted by Crippen LogP contribution is -2.37. The Bertz CT molecular complexity index is 1700. The molecular weight excluding hydrogens is 657 g/mol. The van der Waals surface area contributed by atoms with Crippen LogP contribution in [-0.2, 0) is 16.2 Å². The summed E-state index contributed by atoms with van der Waals surface area (Å²) in [5, 5.41) is 6.05. The van der Waals surface area contributed by atoms with Crippen LogP contribution in [-0.4, -0.2) is 46.7 Å². The predicted molar refractivity (Wildman–Crippen MR) is 173 cm³/mol. The zero-order valence-corrected chi connectivity index (χ0v) is 27.0. The average Bonchev–Trinajstić information content (AvgIpc) is 3.27. The van der Waals surface area contributed by atoms with Gasteiger partial charge in [0.15, 0.2) is 11.4 Å². The third kappa shape index (κ3) is 7.76. The number of halogens is 3. The summed E-state index contributed by atoms with van der Waals surface area (Å²) in [5.74, 6) is -0.459. The molecule has 0 unspecified atom stereocenters. The van der Waals surface area contributed by atoms with Crippen LogP contribution in [0.4, 0.5) is 5.69 Å². The highest BCUT2D eigenvalue weighted by Crippen LogP contribution is 2.35. The van der Waals surface area contributed by atoms with Gasteiger partial charge in [-0.25, -0.2) is 4.98 Å². The number of fused-ring (bicyclic) bond motifs is 1. The van der Waals surface area contributed by atoms with Gasteiger partial charge in [0.25, 0.3) is 5.91 Å². The van der Waals surface area contributed by atoms with Gasteiger partial charge < -0.3 is 20.3 Å². The maximum atomic E-state index is 12.9. The summed E-state index contributed by atoms with van der Waals surface area (Å²) in [4.78, 5) is 43.3. The van der Waals surface area contributed by atoms with Crippen molar-refractivity contribution in [2.24, 2.45) is 0 Å². The molecule has 0 saturated carbocycles. The topological polar surface area (TPSA) is 105 Å². The minimum Gasteiger partial charge on any atom is -0.485 e. The SMILES string of the molecule is Cc1nc2c(OCc3c(Cl)ccc(N(C)C(=O)CNC(=O)/C=C/c4ccc(C(=O)NC(C)C)cc4)c3Cl)cccn2c1Br. The molecule has 0 radical (unpaired) electrons. The molecule has 0 aliphatic rings. The Balaban J connectivity index is 1.36. The van der Waals surface area contributed by atoms with Gasteiger partial charge in [0.1, 0.15) is 11.2 Å². The highest BCUT2D eigenvalue weighted by Gasteiger charge is 2.20. The number of nitrogens with one attached hydrogen (secondary N) is 2. The van der Waals surface area contributed by atoms with E-state index in [4.69, 9.17) is 27.9 Å². The number of benzene rings is 2. The lowest BCUT2D eigenvalue weighted by Gasteiger charge is -2.21. The van der Waals surface area contributed by atoms with Crippen molar-refractivity contribution in [3.05, 3.63) is 97.8 Å². The molecule has 9 nitrogen and oxygen atoms in total. The van der Waals surface area contributed by atoms with Gasteiger partial charge in [0.05, 0.1) is 22.9 Å². The number of aryl methyl sites for hydroxylation is 1. The molecule has 4 aromatic rings. The van der Waals surface area contributed by atoms with Crippen molar-refractivity contribution in [3.63, 3.8) is 0 Å². The molecule has 43 heavy (non-hydrogen) atoms. The molecule has 2 aromatic carbocycles. The quantitative estimate of drug-likeness (QED) is 0.193. The van der Waals surface area contributed by atoms with Crippen LogP contribution in [0.2, 0.25) is 10.0 Å². The molecule has 2 N–H and O–H groups in total. The average molecular weight is 687 g/mol. The number of hydrogen-bond donors (Lipinski definition) is 2. The maximum absolute atomic E-state index is 12.9. The van der Waals surface area contributed by atoms with Crippen LogP contribution >= 0.6 is 39.1 Å². The van der Waals surface area contributed by atoms with Crippen LogP contribution in [0.15, 0.2) is 65.4 Å². The van der Waals surface area contributed by atoms with Gasteiger partial charge in [-0.2, -0.15) is 0 Å². The zero-order chi connectivity index (χ0) is 31.3. The second-order valence-corrected chi connectivity index (χ2v) is 11.5. The van der Waals surface area contributed by atoms with E-state index < -0.39 is 5.91 Å². The number of imidazole rings is 1. The van der Waals surface area contributed by atoms with Gasteiger partial charge in [0, 0.05) is 41.5 Å². The molecule has 12 heteroatoms. The molecule has 0 saturated heterocycles. The fourth-order valence-corrected chi connectivity index (χ4v) is 5.09. The first-order chi connectivity index (χ1) is 20.5. The Morgan fingerprint density at radius 3 is 2.53 bits per heavy atom. The Labute approximate surface area is 268 Å². The van der Waals surface area contributed by atoms with Gasteiger partial charge in [-0.15, -0.1) is 0 Å². The fraction of sp³-hybridized carbons (Fsp3) is 0.226. The Kier molecular flexibility index (Phi) is 10.5. The van der Waals surface area contributed by atoms with Crippen LogP contribution in [0.1, 0.15) is 41.0 Å². The molecule has 0 aliphatic carbocycles. The first-order valence-corrected chi connectivity index (χ1v) is 14.9. The van der Waals surface area contributed by atoms with Crippen molar-refractivity contribution in [2.75, 3.05) is 18.5 Å². The van der Waals surface area contributed by atoms with Crippen molar-refractivity contribution < 1.29 is 19.1 Å². The number of rotatable bonds is 10. The highest BCUT2D eigenvalue weighted by atomic mass is 79.9. The van der Waals surface area contributed by atoms with Crippen LogP contribution in [0.3, 0.4) is 0 Å². The third-order valence-electron chi connectivity index (χ3n) is 6.42. The summed E-state index contributed by atoms with van der Waals surface area (Å²) in [6.07, 6.45) is 4.79. The second kappa shape index (κ2) is 14.1. The van der Waals surface area contributed by atoms with E-state index in [1.54, 1.807) is 55.6 Å². The summed E-state index contributed by atoms with van der Waals surface area (Å²) < 4.78 is 8.74. The van der Waals surface area contributed by atoms with Gasteiger partial charge in [-0.1, -0.05) is 35.3 Å². The summed E-state index contributed by atoms with van der Waals surface area (Å²) in [6, 6.07) is 13.8. The fourth-order valence-electron chi connectivity index (χ4n) is 4.10. The van der Waals surface area contributed by atoms with Crippen LogP contribution in [0.5, 0.6) is 5.75 Å². The zero-order valence-electron chi connectivity index (χ0n) is 24.0. The number of ether oxygens (including phenoxy) is 1. The molecule has 0 spiro atoms. The largest absolute Gasteiger partial charge is 0.485 e. The minimum atomic E-state index is -0.449. The number of nitrogens with zero attached hydrogens (tertiary/aromatic N) is 3. The third-order valence-corrected chi connectivity index (χ3v) is 8.15. The molecule has 3 amide bonds. The van der Waals surface area contributed by atoms with E-state index in [1.807, 2.05) is 37.4 Å². The molecular formula is C31H30BrCl2N5O4. The normalized spacial score (nSPS) is 11.3. The van der Waals surface area contributed by atoms with Gasteiger partial charge in [0.2, 0.25) is 11.8 Å². The van der Waals surface area contributed by atoms with Gasteiger partial charge >= 0.3 is 0 Å².